The third-order valence-corrected chi connectivity index (χ3v) is 23.7. The number of ether oxygens (including phenoxy) is 14. The van der Waals surface area contributed by atoms with E-state index in [2.05, 4.69) is 0 Å². The van der Waals surface area contributed by atoms with E-state index in [0.717, 1.165) is 18.2 Å². The number of allylic oxidation sites excluding steroid dienone is 3. The Morgan fingerprint density at radius 1 is 0.306 bits per heavy atom. The molecule has 40 unspecified atom stereocenters. The quantitative estimate of drug-likeness (QED) is 0.0229. The van der Waals surface area contributed by atoms with Crippen LogP contribution in [0.4, 0.5) is 0 Å². The van der Waals surface area contributed by atoms with E-state index < -0.39 is 295 Å². The minimum absolute atomic E-state index is 0.0216. The second-order valence-electron chi connectivity index (χ2n) is 31.4. The number of carbonyl (C=O) groups excluding carboxylic acids is 3. The molecule has 11 rings (SSSR count). The van der Waals surface area contributed by atoms with E-state index in [0.29, 0.717) is 44.9 Å². The van der Waals surface area contributed by atoms with Crippen LogP contribution in [0.25, 0.3) is 0 Å². The van der Waals surface area contributed by atoms with Gasteiger partial charge < -0.3 is 179 Å². The van der Waals surface area contributed by atoms with E-state index in [-0.39, 0.29) is 69.6 Å². The number of rotatable bonds is 25. The molecule has 634 valence electrons. The summed E-state index contributed by atoms with van der Waals surface area (Å²) in [5.74, 6) is -5.13. The van der Waals surface area contributed by atoms with Gasteiger partial charge in [-0.15, -0.1) is 0 Å². The fourth-order valence-corrected chi connectivity index (χ4v) is 16.9. The fourth-order valence-electron chi connectivity index (χ4n) is 16.9. The van der Waals surface area contributed by atoms with E-state index in [1.807, 2.05) is 0 Å². The van der Waals surface area contributed by atoms with Gasteiger partial charge in [0.1, 0.15) is 142 Å². The molecule has 6 aliphatic heterocycles. The maximum Gasteiger partial charge on any atom is 0.330 e. The topological polar surface area (TPSA) is 625 Å². The summed E-state index contributed by atoms with van der Waals surface area (Å²) >= 11 is 0. The standard InChI is InChI=1S/C72H112O39/c73-23-44-52(84)57(89)62(94)69(106-44)103-41-21-33(76)20-40-34(41)22-43(66(101-40)31-7-9-32(75)10-8-31)105-72-67(111-71-65(97)60(92)55(87)47(109-71)26-99-51(83)16-6-30-2-12-36(78)42(19-30)104-70-63(95)58(90)53(85)45(24-74)107-70)61(93)56(88)48(110-72)27-100-50(82)15-5-29-3-13-39(38(80)18-29)102-68-64(96)59(91)54(86)46(108-68)25-98-49(81)14-4-28-1-11-35(77)37(79)17-28/h4-6,14-16,28-48,52-80,84-97H,1-3,7-13,17-27H2. The maximum atomic E-state index is 13.6. The molecule has 39 heteroatoms. The van der Waals surface area contributed by atoms with Gasteiger partial charge in [0.25, 0.3) is 0 Å². The predicted molar refractivity (Wildman–Crippen MR) is 362 cm³/mol. The van der Waals surface area contributed by atoms with Crippen LogP contribution in [0.3, 0.4) is 0 Å². The molecule has 22 N–H and O–H groups in total. The first-order chi connectivity index (χ1) is 52.9. The van der Waals surface area contributed by atoms with Crippen molar-refractivity contribution in [2.24, 2.45) is 29.6 Å². The Kier molecular flexibility index (Phi) is 31.5. The van der Waals surface area contributed by atoms with E-state index in [1.165, 1.54) is 18.2 Å². The highest BCUT2D eigenvalue weighted by Crippen LogP contribution is 2.46. The van der Waals surface area contributed by atoms with Crippen molar-refractivity contribution in [3.8, 4) is 0 Å². The minimum Gasteiger partial charge on any atom is -0.460 e. The Bertz CT molecular complexity index is 3020. The van der Waals surface area contributed by atoms with Crippen LogP contribution >= 0.6 is 0 Å². The lowest BCUT2D eigenvalue weighted by molar-refractivity contribution is -0.380. The number of esters is 3. The molecular weight excluding hydrogens is 1490 g/mol. The van der Waals surface area contributed by atoms with Gasteiger partial charge >= 0.3 is 17.9 Å². The molecule has 5 saturated carbocycles. The van der Waals surface area contributed by atoms with Crippen molar-refractivity contribution in [2.75, 3.05) is 33.0 Å². The summed E-state index contributed by atoms with van der Waals surface area (Å²) in [6, 6.07) is 0. The Hall–Kier alpha value is -3.69. The third kappa shape index (κ3) is 21.6. The van der Waals surface area contributed by atoms with Crippen molar-refractivity contribution in [1.29, 1.82) is 0 Å². The van der Waals surface area contributed by atoms with Crippen LogP contribution in [0.15, 0.2) is 36.5 Å². The first-order valence-corrected chi connectivity index (χ1v) is 38.5. The molecule has 39 nitrogen and oxygen atoms in total. The van der Waals surface area contributed by atoms with Crippen molar-refractivity contribution in [3.63, 3.8) is 0 Å². The molecular formula is C72H112O39. The average molecular weight is 1600 g/mol. The Morgan fingerprint density at radius 2 is 0.703 bits per heavy atom. The van der Waals surface area contributed by atoms with Crippen LogP contribution < -0.4 is 0 Å². The number of hydrogen-bond acceptors (Lipinski definition) is 39. The number of aliphatic hydroxyl groups excluding tert-OH is 22. The van der Waals surface area contributed by atoms with Gasteiger partial charge in [0.05, 0.1) is 86.5 Å². The second-order valence-corrected chi connectivity index (χ2v) is 31.4. The molecule has 11 aliphatic rings. The van der Waals surface area contributed by atoms with Crippen LogP contribution in [0.1, 0.15) is 103 Å². The van der Waals surface area contributed by atoms with Crippen molar-refractivity contribution < 1.29 is 193 Å². The van der Waals surface area contributed by atoms with Crippen LogP contribution in [-0.2, 0) is 80.7 Å². The van der Waals surface area contributed by atoms with Crippen molar-refractivity contribution in [2.45, 2.75) is 330 Å². The molecule has 0 aromatic heterocycles. The molecule has 11 fully saturated rings. The molecule has 111 heavy (non-hydrogen) atoms. The zero-order valence-corrected chi connectivity index (χ0v) is 60.8. The monoisotopic (exact) mass is 1600 g/mol. The number of carbonyl (C=O) groups is 3. The number of hydrogen-bond donors (Lipinski definition) is 22. The van der Waals surface area contributed by atoms with Crippen LogP contribution in [-0.4, -0.2) is 390 Å². The van der Waals surface area contributed by atoms with Gasteiger partial charge in [-0.05, 0) is 120 Å². The summed E-state index contributed by atoms with van der Waals surface area (Å²) in [4.78, 5) is 39.6. The molecule has 6 saturated heterocycles. The van der Waals surface area contributed by atoms with Gasteiger partial charge in [-0.3, -0.25) is 0 Å². The molecule has 0 radical (unpaired) electrons. The van der Waals surface area contributed by atoms with Gasteiger partial charge in [0, 0.05) is 30.6 Å². The van der Waals surface area contributed by atoms with Crippen LogP contribution in [0.2, 0.25) is 0 Å². The van der Waals surface area contributed by atoms with E-state index in [1.54, 1.807) is 0 Å². The fraction of sp³-hybridized carbons (Fsp3) is 0.875. The molecule has 0 amide bonds. The summed E-state index contributed by atoms with van der Waals surface area (Å²) < 4.78 is 83.6. The first-order valence-electron chi connectivity index (χ1n) is 38.5. The van der Waals surface area contributed by atoms with Crippen LogP contribution in [0, 0.1) is 29.6 Å². The van der Waals surface area contributed by atoms with Crippen LogP contribution in [0.5, 0.6) is 0 Å². The van der Waals surface area contributed by atoms with Gasteiger partial charge in [-0.25, -0.2) is 14.4 Å². The van der Waals surface area contributed by atoms with E-state index >= 15 is 0 Å². The van der Waals surface area contributed by atoms with Gasteiger partial charge in [-0.2, -0.15) is 0 Å². The Labute approximate surface area is 637 Å². The lowest BCUT2D eigenvalue weighted by atomic mass is 9.73. The lowest BCUT2D eigenvalue weighted by Gasteiger charge is -2.52. The maximum absolute atomic E-state index is 13.6. The highest BCUT2D eigenvalue weighted by atomic mass is 16.8. The van der Waals surface area contributed by atoms with Crippen molar-refractivity contribution in [3.05, 3.63) is 36.5 Å². The van der Waals surface area contributed by atoms with E-state index in [4.69, 9.17) is 66.3 Å². The summed E-state index contributed by atoms with van der Waals surface area (Å²) in [6.45, 7) is -3.68. The SMILES string of the molecule is O=C(C=CC1CCC(O)C(O)C1)OCC1OC(OC2CCC(C=CC(=O)OCC3OC(OC4CC5C(OC6OC(CO)C(O)C(O)C6O)CC(O)CC5OC4C4CCC(O)CC4)C(OC4OC(COC(=O)C=CC5CCC(O)C(OC6OC(CO)C(O)C(O)C6O)C5)C(O)C(O)C4O)C(O)C3O)CC2O)C(O)C(O)C1O. The normalized spacial score (nSPS) is 48.9. The average Bonchev–Trinajstić information content (AvgIpc) is 0.762. The van der Waals surface area contributed by atoms with Gasteiger partial charge in [0.15, 0.2) is 31.5 Å². The second kappa shape index (κ2) is 39.7. The Balaban J connectivity index is 0.755. The summed E-state index contributed by atoms with van der Waals surface area (Å²) in [5.41, 5.74) is 0. The molecule has 0 aromatic rings. The zero-order chi connectivity index (χ0) is 80.0. The molecule has 0 aromatic carbocycles. The van der Waals surface area contributed by atoms with Gasteiger partial charge in [-0.1, -0.05) is 18.2 Å². The van der Waals surface area contributed by atoms with Crippen molar-refractivity contribution in [1.82, 2.24) is 0 Å². The molecule has 6 heterocycles. The highest BCUT2D eigenvalue weighted by molar-refractivity contribution is 5.82. The summed E-state index contributed by atoms with van der Waals surface area (Å²) in [7, 11) is 0. The smallest absolute Gasteiger partial charge is 0.330 e. The molecule has 40 atom stereocenters. The molecule has 0 spiro atoms. The largest absolute Gasteiger partial charge is 0.460 e. The third-order valence-electron chi connectivity index (χ3n) is 23.7. The van der Waals surface area contributed by atoms with Gasteiger partial charge in [0.2, 0.25) is 0 Å². The predicted octanol–water partition coefficient (Wildman–Crippen LogP) is -8.80. The highest BCUT2D eigenvalue weighted by Gasteiger charge is 2.57. The zero-order valence-electron chi connectivity index (χ0n) is 60.8. The first kappa shape index (κ1) is 88.1. The Morgan fingerprint density at radius 3 is 1.18 bits per heavy atom. The van der Waals surface area contributed by atoms with E-state index in [9.17, 15) is 127 Å². The number of aliphatic hydroxyl groups is 22. The number of fused-ring (bicyclic) bond motifs is 1. The summed E-state index contributed by atoms with van der Waals surface area (Å²) in [5, 5.41) is 238. The summed E-state index contributed by atoms with van der Waals surface area (Å²) in [6.07, 6.45) is -45.3. The molecule has 5 aliphatic carbocycles. The minimum atomic E-state index is -2.16. The molecule has 0 bridgehead atoms. The van der Waals surface area contributed by atoms with Crippen molar-refractivity contribution >= 4 is 17.9 Å². The lowest BCUT2D eigenvalue weighted by Crippen LogP contribution is -2.66.